The van der Waals surface area contributed by atoms with Crippen molar-refractivity contribution in [2.75, 3.05) is 13.1 Å². The van der Waals surface area contributed by atoms with Gasteiger partial charge < -0.3 is 37.7 Å². The number of carboxylic acid groups (broad SMARTS) is 1. The van der Waals surface area contributed by atoms with Gasteiger partial charge in [-0.05, 0) is 12.8 Å². The average molecular weight is 330 g/mol. The van der Waals surface area contributed by atoms with Gasteiger partial charge in [-0.25, -0.2) is 0 Å². The molecule has 0 fully saturated rings. The van der Waals surface area contributed by atoms with Crippen molar-refractivity contribution in [2.45, 2.75) is 31.3 Å². The monoisotopic (exact) mass is 330 g/mol. The molecule has 0 saturated heterocycles. The standard InChI is InChI=1S/C12H22N6O5/c13-8(2-1-3-16-12(14)15)11(23)17-5-9(20)18-7(6-19)4-10(21)22/h6-8H,1-5,13H2,(H,17,23)(H,18,20)(H,21,22)(H4,14,15,16)/t7-,8-/m0/s1. The lowest BCUT2D eigenvalue weighted by atomic mass is 10.1. The summed E-state index contributed by atoms with van der Waals surface area (Å²) in [5.74, 6) is -2.52. The molecule has 0 spiro atoms. The summed E-state index contributed by atoms with van der Waals surface area (Å²) in [5.41, 5.74) is 15.9. The summed E-state index contributed by atoms with van der Waals surface area (Å²) >= 11 is 0. The summed E-state index contributed by atoms with van der Waals surface area (Å²) in [5, 5.41) is 13.0. The van der Waals surface area contributed by atoms with Gasteiger partial charge in [0.1, 0.15) is 6.29 Å². The predicted molar refractivity (Wildman–Crippen MR) is 81.1 cm³/mol. The Balaban J connectivity index is 4.06. The second kappa shape index (κ2) is 11.0. The number of carbonyl (C=O) groups is 4. The van der Waals surface area contributed by atoms with Gasteiger partial charge in [0.2, 0.25) is 11.8 Å². The van der Waals surface area contributed by atoms with E-state index in [4.69, 9.17) is 22.3 Å². The van der Waals surface area contributed by atoms with E-state index in [0.717, 1.165) is 0 Å². The maximum Gasteiger partial charge on any atom is 0.305 e. The minimum Gasteiger partial charge on any atom is -0.481 e. The fourth-order valence-corrected chi connectivity index (χ4v) is 1.53. The number of carbonyl (C=O) groups excluding carboxylic acids is 3. The number of nitrogens with one attached hydrogen (secondary N) is 2. The second-order valence-corrected chi connectivity index (χ2v) is 4.68. The van der Waals surface area contributed by atoms with E-state index in [-0.39, 0.29) is 5.96 Å². The highest BCUT2D eigenvalue weighted by atomic mass is 16.4. The van der Waals surface area contributed by atoms with Crippen LogP contribution < -0.4 is 27.8 Å². The van der Waals surface area contributed by atoms with Crippen LogP contribution in [0, 0.1) is 0 Å². The van der Waals surface area contributed by atoms with Crippen LogP contribution in [0.5, 0.6) is 0 Å². The van der Waals surface area contributed by atoms with Gasteiger partial charge in [-0.3, -0.25) is 19.4 Å². The summed E-state index contributed by atoms with van der Waals surface area (Å²) in [7, 11) is 0. The molecule has 0 aromatic heterocycles. The molecule has 9 N–H and O–H groups in total. The number of aliphatic carboxylic acids is 1. The Bertz CT molecular complexity index is 463. The van der Waals surface area contributed by atoms with Crippen molar-refractivity contribution < 1.29 is 24.3 Å². The molecule has 0 unspecified atom stereocenters. The molecule has 0 aromatic rings. The maximum atomic E-state index is 11.6. The Labute approximate surface area is 132 Å². The molecule has 0 rings (SSSR count). The number of nitrogens with zero attached hydrogens (tertiary/aromatic N) is 1. The molecule has 0 radical (unpaired) electrons. The van der Waals surface area contributed by atoms with Crippen molar-refractivity contribution in [2.24, 2.45) is 22.2 Å². The molecule has 11 nitrogen and oxygen atoms in total. The van der Waals surface area contributed by atoms with E-state index >= 15 is 0 Å². The van der Waals surface area contributed by atoms with E-state index in [1.165, 1.54) is 0 Å². The van der Waals surface area contributed by atoms with Crippen LogP contribution in [0.25, 0.3) is 0 Å². The van der Waals surface area contributed by atoms with Gasteiger partial charge in [-0.2, -0.15) is 0 Å². The topological polar surface area (TPSA) is 203 Å². The Kier molecular flexibility index (Phi) is 9.67. The van der Waals surface area contributed by atoms with Crippen molar-refractivity contribution in [1.29, 1.82) is 0 Å². The highest BCUT2D eigenvalue weighted by Crippen LogP contribution is 1.95. The highest BCUT2D eigenvalue weighted by molar-refractivity contribution is 5.88. The SMILES string of the molecule is NC(N)=NCCC[C@H](N)C(=O)NCC(=O)N[C@H](C=O)CC(=O)O. The predicted octanol–water partition coefficient (Wildman–Crippen LogP) is -3.36. The number of aldehydes is 1. The zero-order valence-corrected chi connectivity index (χ0v) is 12.5. The van der Waals surface area contributed by atoms with Crippen LogP contribution in [-0.2, 0) is 19.2 Å². The van der Waals surface area contributed by atoms with E-state index in [2.05, 4.69) is 15.6 Å². The van der Waals surface area contributed by atoms with Gasteiger partial charge in [-0.1, -0.05) is 0 Å². The minimum absolute atomic E-state index is 0.0502. The lowest BCUT2D eigenvalue weighted by molar-refractivity contribution is -0.139. The number of guanidine groups is 1. The molecule has 0 aromatic carbocycles. The molecule has 130 valence electrons. The number of hydrogen-bond donors (Lipinski definition) is 6. The summed E-state index contributed by atoms with van der Waals surface area (Å²) in [6, 6.07) is -1.98. The molecule has 0 aliphatic rings. The number of nitrogens with two attached hydrogens (primary N) is 3. The van der Waals surface area contributed by atoms with Crippen LogP contribution in [0.2, 0.25) is 0 Å². The number of amides is 2. The minimum atomic E-state index is -1.23. The number of hydrogen-bond acceptors (Lipinski definition) is 6. The van der Waals surface area contributed by atoms with E-state index in [1.54, 1.807) is 0 Å². The zero-order valence-electron chi connectivity index (χ0n) is 12.5. The molecule has 11 heteroatoms. The van der Waals surface area contributed by atoms with Crippen molar-refractivity contribution in [1.82, 2.24) is 10.6 Å². The van der Waals surface area contributed by atoms with E-state index < -0.39 is 42.8 Å². The van der Waals surface area contributed by atoms with Gasteiger partial charge in [0.25, 0.3) is 0 Å². The summed E-state index contributed by atoms with van der Waals surface area (Å²) < 4.78 is 0. The fraction of sp³-hybridized carbons (Fsp3) is 0.583. The van der Waals surface area contributed by atoms with Crippen LogP contribution in [0.1, 0.15) is 19.3 Å². The lowest BCUT2D eigenvalue weighted by Crippen LogP contribution is -2.47. The normalized spacial score (nSPS) is 12.6. The van der Waals surface area contributed by atoms with Crippen molar-refractivity contribution >= 4 is 30.0 Å². The average Bonchev–Trinajstić information content (AvgIpc) is 2.47. The molecule has 2 amide bonds. The van der Waals surface area contributed by atoms with Gasteiger partial charge in [0.15, 0.2) is 5.96 Å². The fourth-order valence-electron chi connectivity index (χ4n) is 1.53. The summed E-state index contributed by atoms with van der Waals surface area (Å²) in [6.45, 7) is -0.0790. The Morgan fingerprint density at radius 1 is 1.26 bits per heavy atom. The summed E-state index contributed by atoms with van der Waals surface area (Å²) in [4.78, 5) is 47.9. The molecular formula is C12H22N6O5. The first-order chi connectivity index (χ1) is 10.8. The van der Waals surface area contributed by atoms with Crippen LogP contribution in [0.4, 0.5) is 0 Å². The second-order valence-electron chi connectivity index (χ2n) is 4.68. The molecule has 0 aliphatic carbocycles. The van der Waals surface area contributed by atoms with Crippen LogP contribution in [0.15, 0.2) is 4.99 Å². The highest BCUT2D eigenvalue weighted by Gasteiger charge is 2.17. The molecule has 0 aliphatic heterocycles. The first-order valence-electron chi connectivity index (χ1n) is 6.81. The molecular weight excluding hydrogens is 308 g/mol. The van der Waals surface area contributed by atoms with E-state index in [1.807, 2.05) is 0 Å². The third kappa shape index (κ3) is 10.6. The van der Waals surface area contributed by atoms with Crippen molar-refractivity contribution in [3.63, 3.8) is 0 Å². The summed E-state index contributed by atoms with van der Waals surface area (Å²) in [6.07, 6.45) is 0.585. The van der Waals surface area contributed by atoms with Gasteiger partial charge in [-0.15, -0.1) is 0 Å². The van der Waals surface area contributed by atoms with Crippen LogP contribution in [0.3, 0.4) is 0 Å². The third-order valence-corrected chi connectivity index (χ3v) is 2.63. The van der Waals surface area contributed by atoms with E-state index in [9.17, 15) is 19.2 Å². The maximum absolute atomic E-state index is 11.6. The van der Waals surface area contributed by atoms with Crippen molar-refractivity contribution in [3.05, 3.63) is 0 Å². The quantitative estimate of drug-likeness (QED) is 0.0974. The van der Waals surface area contributed by atoms with Gasteiger partial charge in [0.05, 0.1) is 25.0 Å². The third-order valence-electron chi connectivity index (χ3n) is 2.63. The molecule has 0 saturated carbocycles. The van der Waals surface area contributed by atoms with Crippen LogP contribution >= 0.6 is 0 Å². The van der Waals surface area contributed by atoms with Gasteiger partial charge >= 0.3 is 5.97 Å². The van der Waals surface area contributed by atoms with E-state index in [0.29, 0.717) is 25.7 Å². The number of carboxylic acids is 1. The molecule has 0 heterocycles. The number of rotatable bonds is 11. The Morgan fingerprint density at radius 3 is 2.43 bits per heavy atom. The van der Waals surface area contributed by atoms with Crippen LogP contribution in [-0.4, -0.2) is 60.3 Å². The molecule has 23 heavy (non-hydrogen) atoms. The Hall–Kier alpha value is -2.69. The van der Waals surface area contributed by atoms with Crippen molar-refractivity contribution in [3.8, 4) is 0 Å². The first-order valence-corrected chi connectivity index (χ1v) is 6.81. The Morgan fingerprint density at radius 2 is 1.91 bits per heavy atom. The van der Waals surface area contributed by atoms with Gasteiger partial charge in [0, 0.05) is 6.54 Å². The first kappa shape index (κ1) is 20.3. The molecule has 0 bridgehead atoms. The molecule has 2 atom stereocenters. The smallest absolute Gasteiger partial charge is 0.305 e. The zero-order chi connectivity index (χ0) is 17.8. The number of aliphatic imine (C=N–C) groups is 1. The lowest BCUT2D eigenvalue weighted by Gasteiger charge is -2.13. The largest absolute Gasteiger partial charge is 0.481 e.